The minimum Gasteiger partial charge on any atom is -0.373 e. The number of nitrogens with zero attached hydrogens (tertiary/aromatic N) is 3. The van der Waals surface area contributed by atoms with Gasteiger partial charge in [0.1, 0.15) is 0 Å². The zero-order valence-electron chi connectivity index (χ0n) is 11.4. The first-order chi connectivity index (χ1) is 8.39. The molecule has 0 spiro atoms. The van der Waals surface area contributed by atoms with E-state index in [0.29, 0.717) is 26.2 Å². The summed E-state index contributed by atoms with van der Waals surface area (Å²) in [5.41, 5.74) is 0. The van der Waals surface area contributed by atoms with E-state index in [1.54, 1.807) is 8.61 Å². The maximum atomic E-state index is 12.5. The molecule has 6 nitrogen and oxygen atoms in total. The van der Waals surface area contributed by atoms with Crippen LogP contribution in [-0.2, 0) is 14.9 Å². The molecule has 0 aromatic carbocycles. The van der Waals surface area contributed by atoms with Gasteiger partial charge in [-0.15, -0.1) is 0 Å². The second kappa shape index (κ2) is 5.42. The normalized spacial score (nSPS) is 33.7. The molecule has 0 aromatic rings. The Morgan fingerprint density at radius 2 is 1.44 bits per heavy atom. The van der Waals surface area contributed by atoms with Crippen LogP contribution in [0, 0.1) is 0 Å². The van der Waals surface area contributed by atoms with E-state index in [1.165, 1.54) is 0 Å². The molecule has 2 heterocycles. The first-order valence-corrected chi connectivity index (χ1v) is 7.88. The van der Waals surface area contributed by atoms with Crippen molar-refractivity contribution < 1.29 is 13.2 Å². The van der Waals surface area contributed by atoms with Crippen molar-refractivity contribution in [3.63, 3.8) is 0 Å². The second-order valence-electron chi connectivity index (χ2n) is 5.28. The van der Waals surface area contributed by atoms with Crippen molar-refractivity contribution in [2.75, 3.05) is 46.3 Å². The molecular formula is C11H23N3O3S. The van der Waals surface area contributed by atoms with Gasteiger partial charge in [-0.25, -0.2) is 0 Å². The Morgan fingerprint density at radius 3 is 1.94 bits per heavy atom. The fourth-order valence-electron chi connectivity index (χ4n) is 2.50. The van der Waals surface area contributed by atoms with Crippen molar-refractivity contribution in [3.05, 3.63) is 0 Å². The predicted octanol–water partition coefficient (Wildman–Crippen LogP) is -0.412. The minimum absolute atomic E-state index is 0.0315. The summed E-state index contributed by atoms with van der Waals surface area (Å²) < 4.78 is 33.8. The van der Waals surface area contributed by atoms with E-state index in [4.69, 9.17) is 4.74 Å². The Morgan fingerprint density at radius 1 is 0.944 bits per heavy atom. The highest BCUT2D eigenvalue weighted by molar-refractivity contribution is 7.86. The zero-order chi connectivity index (χ0) is 13.3. The van der Waals surface area contributed by atoms with E-state index < -0.39 is 10.2 Å². The molecule has 0 amide bonds. The first-order valence-electron chi connectivity index (χ1n) is 6.49. The zero-order valence-corrected chi connectivity index (χ0v) is 12.2. The average Bonchev–Trinajstić information content (AvgIpc) is 2.28. The highest BCUT2D eigenvalue weighted by Gasteiger charge is 2.36. The van der Waals surface area contributed by atoms with Crippen LogP contribution in [-0.4, -0.2) is 80.5 Å². The standard InChI is InChI=1S/C11H23N3O3S/c1-10-8-14(9-11(2)17-10)18(15,16)13-6-4-12(3)5-7-13/h10-11H,4-9H2,1-3H3/t10-,11+. The van der Waals surface area contributed by atoms with E-state index in [2.05, 4.69) is 4.90 Å². The maximum Gasteiger partial charge on any atom is 0.282 e. The van der Waals surface area contributed by atoms with Crippen molar-refractivity contribution in [2.24, 2.45) is 0 Å². The summed E-state index contributed by atoms with van der Waals surface area (Å²) in [6.45, 7) is 7.52. The first kappa shape index (κ1) is 14.2. The highest BCUT2D eigenvalue weighted by Crippen LogP contribution is 2.18. The van der Waals surface area contributed by atoms with Crippen molar-refractivity contribution in [2.45, 2.75) is 26.1 Å². The molecule has 2 fully saturated rings. The quantitative estimate of drug-likeness (QED) is 0.688. The lowest BCUT2D eigenvalue weighted by Gasteiger charge is -2.39. The second-order valence-corrected chi connectivity index (χ2v) is 7.21. The SMILES string of the molecule is C[C@@H]1CN(S(=O)(=O)N2CCN(C)CC2)C[C@H](C)O1. The Balaban J connectivity index is 2.06. The van der Waals surface area contributed by atoms with Gasteiger partial charge in [0.25, 0.3) is 10.2 Å². The monoisotopic (exact) mass is 277 g/mol. The summed E-state index contributed by atoms with van der Waals surface area (Å²) in [6.07, 6.45) is -0.0630. The van der Waals surface area contributed by atoms with Crippen molar-refractivity contribution in [3.8, 4) is 0 Å². The summed E-state index contributed by atoms with van der Waals surface area (Å²) in [5.74, 6) is 0. The Kier molecular flexibility index (Phi) is 4.28. The Bertz CT molecular complexity index is 369. The average molecular weight is 277 g/mol. The van der Waals surface area contributed by atoms with Gasteiger partial charge in [-0.2, -0.15) is 17.0 Å². The molecule has 2 aliphatic rings. The molecule has 0 aromatic heterocycles. The van der Waals surface area contributed by atoms with Crippen molar-refractivity contribution in [1.29, 1.82) is 0 Å². The number of hydrogen-bond donors (Lipinski definition) is 0. The summed E-state index contributed by atoms with van der Waals surface area (Å²) in [6, 6.07) is 0. The lowest BCUT2D eigenvalue weighted by molar-refractivity contribution is -0.0457. The topological polar surface area (TPSA) is 53.1 Å². The molecule has 106 valence electrons. The third-order valence-corrected chi connectivity index (χ3v) is 5.47. The van der Waals surface area contributed by atoms with Crippen LogP contribution in [0.5, 0.6) is 0 Å². The van der Waals surface area contributed by atoms with Gasteiger partial charge in [-0.05, 0) is 20.9 Å². The molecule has 2 aliphatic heterocycles. The number of piperazine rings is 1. The fourth-order valence-corrected chi connectivity index (χ4v) is 4.25. The van der Waals surface area contributed by atoms with Gasteiger partial charge in [0.15, 0.2) is 0 Å². The van der Waals surface area contributed by atoms with Gasteiger partial charge >= 0.3 is 0 Å². The summed E-state index contributed by atoms with van der Waals surface area (Å²) in [5, 5.41) is 0. The number of ether oxygens (including phenoxy) is 1. The van der Waals surface area contributed by atoms with Crippen LogP contribution < -0.4 is 0 Å². The lowest BCUT2D eigenvalue weighted by atomic mass is 10.3. The number of morpholine rings is 1. The van der Waals surface area contributed by atoms with E-state index in [9.17, 15) is 8.42 Å². The van der Waals surface area contributed by atoms with Crippen molar-refractivity contribution in [1.82, 2.24) is 13.5 Å². The number of rotatable bonds is 2. The van der Waals surface area contributed by atoms with Gasteiger partial charge in [0, 0.05) is 39.3 Å². The van der Waals surface area contributed by atoms with E-state index >= 15 is 0 Å². The maximum absolute atomic E-state index is 12.5. The van der Waals surface area contributed by atoms with Gasteiger partial charge in [-0.3, -0.25) is 0 Å². The molecule has 0 radical (unpaired) electrons. The van der Waals surface area contributed by atoms with Gasteiger partial charge in [-0.1, -0.05) is 0 Å². The summed E-state index contributed by atoms with van der Waals surface area (Å²) in [7, 11) is -1.30. The van der Waals surface area contributed by atoms with Gasteiger partial charge in [0.2, 0.25) is 0 Å². The Hall–Kier alpha value is -0.210. The third kappa shape index (κ3) is 3.03. The molecule has 0 unspecified atom stereocenters. The minimum atomic E-state index is -3.31. The molecular weight excluding hydrogens is 254 g/mol. The Labute approximate surface area is 110 Å². The molecule has 2 rings (SSSR count). The number of hydrogen-bond acceptors (Lipinski definition) is 4. The number of likely N-dealkylation sites (N-methyl/N-ethyl adjacent to an activating group) is 1. The van der Waals surface area contributed by atoms with Crippen molar-refractivity contribution >= 4 is 10.2 Å². The van der Waals surface area contributed by atoms with E-state index in [0.717, 1.165) is 13.1 Å². The predicted molar refractivity (Wildman–Crippen MR) is 69.6 cm³/mol. The van der Waals surface area contributed by atoms with Crippen LogP contribution in [0.1, 0.15) is 13.8 Å². The van der Waals surface area contributed by atoms with Crippen LogP contribution in [0.3, 0.4) is 0 Å². The summed E-state index contributed by atoms with van der Waals surface area (Å²) in [4.78, 5) is 2.15. The summed E-state index contributed by atoms with van der Waals surface area (Å²) >= 11 is 0. The van der Waals surface area contributed by atoms with Crippen LogP contribution >= 0.6 is 0 Å². The smallest absolute Gasteiger partial charge is 0.282 e. The van der Waals surface area contributed by atoms with Crippen LogP contribution in [0.25, 0.3) is 0 Å². The van der Waals surface area contributed by atoms with Crippen LogP contribution in [0.4, 0.5) is 0 Å². The van der Waals surface area contributed by atoms with E-state index in [-0.39, 0.29) is 12.2 Å². The molecule has 18 heavy (non-hydrogen) atoms. The molecule has 2 atom stereocenters. The fraction of sp³-hybridized carbons (Fsp3) is 1.00. The van der Waals surface area contributed by atoms with Crippen LogP contribution in [0.15, 0.2) is 0 Å². The molecule has 0 N–H and O–H groups in total. The lowest BCUT2D eigenvalue weighted by Crippen LogP contribution is -2.56. The van der Waals surface area contributed by atoms with E-state index in [1.807, 2.05) is 20.9 Å². The largest absolute Gasteiger partial charge is 0.373 e. The molecule has 0 aliphatic carbocycles. The van der Waals surface area contributed by atoms with Gasteiger partial charge < -0.3 is 9.64 Å². The van der Waals surface area contributed by atoms with Crippen LogP contribution in [0.2, 0.25) is 0 Å². The molecule has 7 heteroatoms. The third-order valence-electron chi connectivity index (χ3n) is 3.50. The molecule has 2 saturated heterocycles. The highest BCUT2D eigenvalue weighted by atomic mass is 32.2. The molecule has 0 saturated carbocycles. The van der Waals surface area contributed by atoms with Gasteiger partial charge in [0.05, 0.1) is 12.2 Å². The molecule has 0 bridgehead atoms.